The molecule has 0 amide bonds. The Hall–Kier alpha value is -2.44. The number of rotatable bonds is 2. The first-order valence-electron chi connectivity index (χ1n) is 6.38. The number of methoxy groups -OCH3 is 1. The first-order chi connectivity index (χ1) is 9.99. The smallest absolute Gasteiger partial charge is 0.391 e. The predicted molar refractivity (Wildman–Crippen MR) is 68.8 cm³/mol. The van der Waals surface area contributed by atoms with E-state index >= 15 is 0 Å². The van der Waals surface area contributed by atoms with Crippen molar-refractivity contribution in [1.82, 2.24) is 0 Å². The lowest BCUT2D eigenvalue weighted by molar-refractivity contribution is -0.560. The third-order valence-corrected chi connectivity index (χ3v) is 4.11. The van der Waals surface area contributed by atoms with Crippen LogP contribution in [0.5, 0.6) is 5.75 Å². The second-order valence-corrected chi connectivity index (χ2v) is 5.09. The number of fused-ring (bicyclic) bond motifs is 3. The summed E-state index contributed by atoms with van der Waals surface area (Å²) in [5.41, 5.74) is -1.59. The molecule has 6 nitrogen and oxygen atoms in total. The van der Waals surface area contributed by atoms with Crippen LogP contribution in [0.15, 0.2) is 30.0 Å². The molecule has 0 fully saturated rings. The highest BCUT2D eigenvalue weighted by Crippen LogP contribution is 2.49. The molecule has 0 bridgehead atoms. The summed E-state index contributed by atoms with van der Waals surface area (Å²) in [7, 11) is 1.46. The second kappa shape index (κ2) is 4.54. The highest BCUT2D eigenvalue weighted by atomic mass is 19.1. The molecule has 0 saturated heterocycles. The minimum atomic E-state index is -1.91. The third-order valence-electron chi connectivity index (χ3n) is 4.11. The Morgan fingerprint density at radius 1 is 1.52 bits per heavy atom. The maximum absolute atomic E-state index is 13.5. The first-order valence-corrected chi connectivity index (χ1v) is 6.38. The standard InChI is InChI=1S/C14H12FNO5/c1-20-9-4-5-14(16(18)19)11(7-9)10-6-8(15)2-3-12(10)21-13(14)17/h2-4,6,11H,5,7H2,1H3/t11-,14+/m0/s1. The van der Waals surface area contributed by atoms with Gasteiger partial charge < -0.3 is 9.47 Å². The fourth-order valence-corrected chi connectivity index (χ4v) is 2.97. The van der Waals surface area contributed by atoms with E-state index in [1.165, 1.54) is 25.3 Å². The molecule has 21 heavy (non-hydrogen) atoms. The number of ether oxygens (including phenoxy) is 2. The van der Waals surface area contributed by atoms with Crippen LogP contribution in [0.25, 0.3) is 0 Å². The zero-order chi connectivity index (χ0) is 15.2. The van der Waals surface area contributed by atoms with Crippen molar-refractivity contribution in [3.63, 3.8) is 0 Å². The Labute approximate surface area is 119 Å². The minimum absolute atomic E-state index is 0.136. The molecule has 7 heteroatoms. The Kier molecular flexibility index (Phi) is 2.93. The lowest BCUT2D eigenvalue weighted by atomic mass is 9.70. The van der Waals surface area contributed by atoms with E-state index in [0.717, 1.165) is 6.07 Å². The van der Waals surface area contributed by atoms with Crippen LogP contribution in [-0.4, -0.2) is 23.5 Å². The molecule has 1 aliphatic carbocycles. The summed E-state index contributed by atoms with van der Waals surface area (Å²) in [5.74, 6) is -1.54. The molecule has 110 valence electrons. The number of hydrogen-bond donors (Lipinski definition) is 0. The lowest BCUT2D eigenvalue weighted by Gasteiger charge is -2.37. The maximum atomic E-state index is 13.5. The number of nitrogens with zero attached hydrogens (tertiary/aromatic N) is 1. The Morgan fingerprint density at radius 2 is 2.29 bits per heavy atom. The van der Waals surface area contributed by atoms with E-state index in [1.54, 1.807) is 0 Å². The number of nitro groups is 1. The third kappa shape index (κ3) is 1.80. The molecule has 1 heterocycles. The fraction of sp³-hybridized carbons (Fsp3) is 0.357. The van der Waals surface area contributed by atoms with Gasteiger partial charge in [-0.25, -0.2) is 9.18 Å². The SMILES string of the molecule is COC1=CC[C@]2([N+](=O)[O-])C(=O)Oc3ccc(F)cc3[C@@H]2C1. The molecule has 0 saturated carbocycles. The van der Waals surface area contributed by atoms with Gasteiger partial charge in [0, 0.05) is 16.9 Å². The average molecular weight is 293 g/mol. The summed E-state index contributed by atoms with van der Waals surface area (Å²) in [4.78, 5) is 23.1. The molecular weight excluding hydrogens is 281 g/mol. The van der Waals surface area contributed by atoms with Gasteiger partial charge in [-0.15, -0.1) is 0 Å². The van der Waals surface area contributed by atoms with Crippen molar-refractivity contribution < 1.29 is 23.6 Å². The Bertz CT molecular complexity index is 671. The van der Waals surface area contributed by atoms with Gasteiger partial charge in [-0.2, -0.15) is 0 Å². The molecule has 3 rings (SSSR count). The zero-order valence-corrected chi connectivity index (χ0v) is 11.2. The normalized spacial score (nSPS) is 27.0. The van der Waals surface area contributed by atoms with Crippen molar-refractivity contribution in [2.45, 2.75) is 24.3 Å². The summed E-state index contributed by atoms with van der Waals surface area (Å²) in [6.45, 7) is 0. The predicted octanol–water partition coefficient (Wildman–Crippen LogP) is 2.17. The van der Waals surface area contributed by atoms with Crippen LogP contribution in [0.2, 0.25) is 0 Å². The molecule has 1 aromatic carbocycles. The van der Waals surface area contributed by atoms with Crippen LogP contribution in [-0.2, 0) is 9.53 Å². The zero-order valence-electron chi connectivity index (χ0n) is 11.2. The highest BCUT2D eigenvalue weighted by Gasteiger charge is 2.63. The van der Waals surface area contributed by atoms with Crippen LogP contribution in [0.3, 0.4) is 0 Å². The van der Waals surface area contributed by atoms with Gasteiger partial charge in [-0.3, -0.25) is 10.1 Å². The monoisotopic (exact) mass is 293 g/mol. The van der Waals surface area contributed by atoms with Crippen LogP contribution >= 0.6 is 0 Å². The minimum Gasteiger partial charge on any atom is -0.501 e. The van der Waals surface area contributed by atoms with Gasteiger partial charge in [0.15, 0.2) is 0 Å². The van der Waals surface area contributed by atoms with E-state index in [9.17, 15) is 19.3 Å². The van der Waals surface area contributed by atoms with Gasteiger partial charge >= 0.3 is 11.5 Å². The summed E-state index contributed by atoms with van der Waals surface area (Å²) in [5, 5.41) is 11.6. The number of carbonyl (C=O) groups is 1. The quantitative estimate of drug-likeness (QED) is 0.361. The molecule has 0 unspecified atom stereocenters. The van der Waals surface area contributed by atoms with E-state index in [1.807, 2.05) is 0 Å². The number of hydrogen-bond acceptors (Lipinski definition) is 5. The van der Waals surface area contributed by atoms with E-state index in [4.69, 9.17) is 9.47 Å². The van der Waals surface area contributed by atoms with Crippen LogP contribution in [0.4, 0.5) is 4.39 Å². The largest absolute Gasteiger partial charge is 0.501 e. The van der Waals surface area contributed by atoms with Crippen molar-refractivity contribution in [2.75, 3.05) is 7.11 Å². The van der Waals surface area contributed by atoms with Crippen LogP contribution in [0.1, 0.15) is 24.3 Å². The van der Waals surface area contributed by atoms with Crippen molar-refractivity contribution in [1.29, 1.82) is 0 Å². The van der Waals surface area contributed by atoms with Gasteiger partial charge in [0.1, 0.15) is 11.6 Å². The average Bonchev–Trinajstić information content (AvgIpc) is 2.47. The Morgan fingerprint density at radius 3 is 2.95 bits per heavy atom. The van der Waals surface area contributed by atoms with Gasteiger partial charge in [0.25, 0.3) is 0 Å². The van der Waals surface area contributed by atoms with Gasteiger partial charge in [-0.05, 0) is 24.3 Å². The van der Waals surface area contributed by atoms with Crippen LogP contribution in [0, 0.1) is 15.9 Å². The summed E-state index contributed by atoms with van der Waals surface area (Å²) < 4.78 is 23.7. The maximum Gasteiger partial charge on any atom is 0.391 e. The molecule has 0 radical (unpaired) electrons. The molecule has 0 aromatic heterocycles. The van der Waals surface area contributed by atoms with E-state index in [0.29, 0.717) is 11.3 Å². The molecule has 2 aliphatic rings. The fourth-order valence-electron chi connectivity index (χ4n) is 2.97. The number of halogens is 1. The number of benzene rings is 1. The van der Waals surface area contributed by atoms with E-state index in [2.05, 4.69) is 0 Å². The lowest BCUT2D eigenvalue weighted by Crippen LogP contribution is -2.56. The summed E-state index contributed by atoms with van der Waals surface area (Å²) >= 11 is 0. The van der Waals surface area contributed by atoms with Crippen LogP contribution < -0.4 is 4.74 Å². The van der Waals surface area contributed by atoms with Gasteiger partial charge in [0.2, 0.25) is 0 Å². The highest BCUT2D eigenvalue weighted by molar-refractivity contribution is 5.86. The molecule has 0 N–H and O–H groups in total. The molecular formula is C14H12FNO5. The second-order valence-electron chi connectivity index (χ2n) is 5.09. The Balaban J connectivity index is 2.21. The van der Waals surface area contributed by atoms with Crippen molar-refractivity contribution in [3.8, 4) is 5.75 Å². The van der Waals surface area contributed by atoms with Crippen molar-refractivity contribution in [2.24, 2.45) is 0 Å². The number of allylic oxidation sites excluding steroid dienone is 1. The topological polar surface area (TPSA) is 78.7 Å². The molecule has 2 atom stereocenters. The summed E-state index contributed by atoms with van der Waals surface area (Å²) in [6, 6.07) is 3.65. The molecule has 1 aliphatic heterocycles. The number of carbonyl (C=O) groups excluding carboxylic acids is 1. The van der Waals surface area contributed by atoms with E-state index in [-0.39, 0.29) is 18.6 Å². The summed E-state index contributed by atoms with van der Waals surface area (Å²) in [6.07, 6.45) is 1.54. The van der Waals surface area contributed by atoms with Crippen molar-refractivity contribution >= 4 is 5.97 Å². The molecule has 1 aromatic rings. The van der Waals surface area contributed by atoms with Gasteiger partial charge in [-0.1, -0.05) is 0 Å². The van der Waals surface area contributed by atoms with Gasteiger partial charge in [0.05, 0.1) is 25.2 Å². The van der Waals surface area contributed by atoms with E-state index < -0.39 is 28.2 Å². The number of esters is 1. The first kappa shape index (κ1) is 13.5. The molecule has 0 spiro atoms. The van der Waals surface area contributed by atoms with Crippen molar-refractivity contribution in [3.05, 3.63) is 51.5 Å².